The third kappa shape index (κ3) is 7.55. The summed E-state index contributed by atoms with van der Waals surface area (Å²) >= 11 is 0. The van der Waals surface area contributed by atoms with Crippen molar-refractivity contribution in [2.24, 2.45) is 0 Å². The number of hydrogen-bond donors (Lipinski definition) is 3. The van der Waals surface area contributed by atoms with Crippen molar-refractivity contribution in [3.8, 4) is 5.75 Å². The fraction of sp³-hybridized carbons (Fsp3) is 0.375. The van der Waals surface area contributed by atoms with Gasteiger partial charge in [0, 0.05) is 19.2 Å². The van der Waals surface area contributed by atoms with Gasteiger partial charge in [0.2, 0.25) is 0 Å². The van der Waals surface area contributed by atoms with Gasteiger partial charge in [0.1, 0.15) is 29.5 Å². The number of carbonyl (C=O) groups excluding carboxylic acids is 1. The summed E-state index contributed by atoms with van der Waals surface area (Å²) in [6, 6.07) is 9.58. The molecule has 11 nitrogen and oxygen atoms in total. The van der Waals surface area contributed by atoms with Crippen molar-refractivity contribution in [1.29, 1.82) is 0 Å². The Labute approximate surface area is 210 Å². The van der Waals surface area contributed by atoms with Gasteiger partial charge in [-0.15, -0.1) is 6.58 Å². The summed E-state index contributed by atoms with van der Waals surface area (Å²) in [6.45, 7) is 8.59. The lowest BCUT2D eigenvalue weighted by Gasteiger charge is -2.23. The Morgan fingerprint density at radius 2 is 2.08 bits per heavy atom. The molecule has 2 aromatic heterocycles. The minimum atomic E-state index is -3.62. The van der Waals surface area contributed by atoms with Crippen LogP contribution >= 0.6 is 7.52 Å². The maximum atomic E-state index is 13.6. The maximum absolute atomic E-state index is 13.6. The van der Waals surface area contributed by atoms with Gasteiger partial charge in [0.25, 0.3) is 0 Å². The van der Waals surface area contributed by atoms with E-state index in [0.717, 1.165) is 5.69 Å². The summed E-state index contributed by atoms with van der Waals surface area (Å²) in [6.07, 6.45) is 3.81. The lowest BCUT2D eigenvalue weighted by Crippen LogP contribution is -2.35. The van der Waals surface area contributed by atoms with E-state index in [0.29, 0.717) is 42.2 Å². The number of fused-ring (bicyclic) bond motifs is 1. The molecule has 0 bridgehead atoms. The van der Waals surface area contributed by atoms with Gasteiger partial charge in [-0.05, 0) is 25.5 Å². The first-order chi connectivity index (χ1) is 17.3. The molecule has 0 aliphatic carbocycles. The van der Waals surface area contributed by atoms with Crippen molar-refractivity contribution >= 4 is 36.2 Å². The average molecular weight is 517 g/mol. The predicted octanol–water partition coefficient (Wildman–Crippen LogP) is 3.79. The number of rotatable bonds is 15. The van der Waals surface area contributed by atoms with Crippen LogP contribution in [0.4, 0.5) is 11.5 Å². The first-order valence-corrected chi connectivity index (χ1v) is 13.5. The minimum absolute atomic E-state index is 0.190. The molecule has 0 fully saturated rings. The SMILES string of the molecule is C=CCNc1cc(N)nc2c1ncn2CCOCP(=O)(NC(C)C(=O)OCCC)Oc1ccccc1. The number of aromatic nitrogens is 3. The van der Waals surface area contributed by atoms with E-state index >= 15 is 0 Å². The van der Waals surface area contributed by atoms with E-state index < -0.39 is 19.5 Å². The highest BCUT2D eigenvalue weighted by atomic mass is 31.2. The van der Waals surface area contributed by atoms with Crippen LogP contribution in [0.3, 0.4) is 0 Å². The number of nitrogen functional groups attached to an aromatic ring is 1. The molecule has 0 saturated heterocycles. The van der Waals surface area contributed by atoms with Crippen LogP contribution in [0.15, 0.2) is 55.4 Å². The molecule has 3 aromatic rings. The molecule has 2 unspecified atom stereocenters. The van der Waals surface area contributed by atoms with Crippen LogP contribution in [0.5, 0.6) is 5.75 Å². The van der Waals surface area contributed by atoms with Crippen molar-refractivity contribution in [3.63, 3.8) is 0 Å². The van der Waals surface area contributed by atoms with E-state index in [9.17, 15) is 9.36 Å². The number of benzene rings is 1. The summed E-state index contributed by atoms with van der Waals surface area (Å²) in [4.78, 5) is 21.0. The molecule has 0 radical (unpaired) electrons. The Hall–Kier alpha value is -3.40. The van der Waals surface area contributed by atoms with Crippen molar-refractivity contribution in [3.05, 3.63) is 55.4 Å². The molecule has 2 atom stereocenters. The number of carbonyl (C=O) groups is 1. The second-order valence-corrected chi connectivity index (χ2v) is 10.1. The monoisotopic (exact) mass is 516 g/mol. The van der Waals surface area contributed by atoms with Gasteiger partial charge >= 0.3 is 13.5 Å². The zero-order chi connectivity index (χ0) is 26.0. The Kier molecular flexibility index (Phi) is 9.86. The van der Waals surface area contributed by atoms with Gasteiger partial charge in [-0.2, -0.15) is 0 Å². The summed E-state index contributed by atoms with van der Waals surface area (Å²) in [5.74, 6) is 0.236. The third-order valence-electron chi connectivity index (χ3n) is 4.96. The van der Waals surface area contributed by atoms with E-state index in [1.807, 2.05) is 13.0 Å². The lowest BCUT2D eigenvalue weighted by atomic mass is 10.3. The van der Waals surface area contributed by atoms with Crippen LogP contribution in [0.25, 0.3) is 11.2 Å². The largest absolute Gasteiger partial charge is 0.465 e. The highest BCUT2D eigenvalue weighted by molar-refractivity contribution is 7.57. The van der Waals surface area contributed by atoms with Gasteiger partial charge in [-0.25, -0.2) is 15.1 Å². The number of pyridine rings is 1. The quantitative estimate of drug-likeness (QED) is 0.118. The Bertz CT molecular complexity index is 1200. The van der Waals surface area contributed by atoms with Crippen LogP contribution in [0, 0.1) is 0 Å². The van der Waals surface area contributed by atoms with Crippen molar-refractivity contribution in [2.75, 3.05) is 37.2 Å². The average Bonchev–Trinajstić information content (AvgIpc) is 3.26. The molecule has 36 heavy (non-hydrogen) atoms. The second-order valence-electron chi connectivity index (χ2n) is 8.01. The van der Waals surface area contributed by atoms with E-state index in [1.165, 1.54) is 0 Å². The summed E-state index contributed by atoms with van der Waals surface area (Å²) in [5, 5.41) is 5.97. The third-order valence-corrected chi connectivity index (χ3v) is 6.76. The zero-order valence-electron chi connectivity index (χ0n) is 20.6. The molecule has 1 aromatic carbocycles. The number of anilines is 2. The first kappa shape index (κ1) is 27.2. The van der Waals surface area contributed by atoms with Crippen molar-refractivity contribution in [1.82, 2.24) is 19.6 Å². The normalized spacial score (nSPS) is 13.6. The molecule has 0 amide bonds. The second kappa shape index (κ2) is 13.1. The fourth-order valence-corrected chi connectivity index (χ4v) is 5.01. The topological polar surface area (TPSA) is 143 Å². The molecule has 0 spiro atoms. The first-order valence-electron chi connectivity index (χ1n) is 11.7. The number of hydrogen-bond acceptors (Lipinski definition) is 9. The summed E-state index contributed by atoms with van der Waals surface area (Å²) < 4.78 is 32.0. The molecule has 0 aliphatic heterocycles. The van der Waals surface area contributed by atoms with E-state index in [4.69, 9.17) is 19.7 Å². The molecule has 3 rings (SSSR count). The van der Waals surface area contributed by atoms with E-state index in [-0.39, 0.29) is 19.6 Å². The number of para-hydroxylation sites is 1. The molecule has 0 aliphatic rings. The highest BCUT2D eigenvalue weighted by Gasteiger charge is 2.31. The molecular formula is C24H33N6O5P. The molecule has 4 N–H and O–H groups in total. The smallest absolute Gasteiger partial charge is 0.342 e. The van der Waals surface area contributed by atoms with Crippen molar-refractivity contribution in [2.45, 2.75) is 32.9 Å². The summed E-state index contributed by atoms with van der Waals surface area (Å²) in [5.41, 5.74) is 7.99. The van der Waals surface area contributed by atoms with Crippen LogP contribution in [-0.2, 0) is 25.4 Å². The van der Waals surface area contributed by atoms with E-state index in [1.54, 1.807) is 54.2 Å². The van der Waals surface area contributed by atoms with Crippen LogP contribution in [0.2, 0.25) is 0 Å². The molecular weight excluding hydrogens is 483 g/mol. The molecule has 12 heteroatoms. The van der Waals surface area contributed by atoms with Crippen molar-refractivity contribution < 1.29 is 23.4 Å². The maximum Gasteiger partial charge on any atom is 0.342 e. The van der Waals surface area contributed by atoms with Crippen LogP contribution < -0.4 is 20.7 Å². The number of nitrogens with zero attached hydrogens (tertiary/aromatic N) is 3. The fourth-order valence-electron chi connectivity index (χ4n) is 3.30. The number of nitrogens with one attached hydrogen (secondary N) is 2. The minimum Gasteiger partial charge on any atom is -0.465 e. The molecule has 0 saturated carbocycles. The number of nitrogens with two attached hydrogens (primary N) is 1. The van der Waals surface area contributed by atoms with Crippen LogP contribution in [0.1, 0.15) is 20.3 Å². The van der Waals surface area contributed by atoms with Gasteiger partial charge in [0.15, 0.2) is 5.65 Å². The predicted molar refractivity (Wildman–Crippen MR) is 140 cm³/mol. The van der Waals surface area contributed by atoms with Crippen LogP contribution in [-0.4, -0.2) is 52.7 Å². The Morgan fingerprint density at radius 3 is 2.81 bits per heavy atom. The number of esters is 1. The number of imidazole rings is 1. The summed E-state index contributed by atoms with van der Waals surface area (Å²) in [7, 11) is -3.62. The molecule has 2 heterocycles. The highest BCUT2D eigenvalue weighted by Crippen LogP contribution is 2.43. The van der Waals surface area contributed by atoms with Gasteiger partial charge in [-0.3, -0.25) is 9.36 Å². The van der Waals surface area contributed by atoms with E-state index in [2.05, 4.69) is 27.0 Å². The lowest BCUT2D eigenvalue weighted by molar-refractivity contribution is -0.145. The standard InChI is InChI=1S/C24H33N6O5P/c1-4-11-26-20-15-21(25)28-23-22(20)27-16-30(23)12-14-33-17-36(32,35-19-9-7-6-8-10-19)29-18(3)24(31)34-13-5-2/h4,6-10,15-16,18H,1,5,11-14,17H2,2-3H3,(H,29,32)(H3,25,26,28). The van der Waals surface area contributed by atoms with Gasteiger partial charge in [0.05, 0.1) is 25.2 Å². The molecule has 194 valence electrons. The number of ether oxygens (including phenoxy) is 2. The Balaban J connectivity index is 1.66. The zero-order valence-corrected chi connectivity index (χ0v) is 21.4. The Morgan fingerprint density at radius 1 is 1.31 bits per heavy atom. The van der Waals surface area contributed by atoms with Gasteiger partial charge in [-0.1, -0.05) is 31.2 Å². The van der Waals surface area contributed by atoms with Gasteiger partial charge < -0.3 is 29.6 Å².